The molecule has 2 aliphatic rings. The zero-order chi connectivity index (χ0) is 30.4. The second-order valence-electron chi connectivity index (χ2n) is 11.5. The van der Waals surface area contributed by atoms with E-state index in [4.69, 9.17) is 21.4 Å². The number of hydrogen-bond acceptors (Lipinski definition) is 11. The van der Waals surface area contributed by atoms with Gasteiger partial charge >= 0.3 is 0 Å². The maximum Gasteiger partial charge on any atom is 0.258 e. The van der Waals surface area contributed by atoms with E-state index in [9.17, 15) is 4.79 Å². The first-order chi connectivity index (χ1) is 21.4. The second-order valence-corrected chi connectivity index (χ2v) is 11.5. The van der Waals surface area contributed by atoms with Gasteiger partial charge in [-0.2, -0.15) is 0 Å². The average Bonchev–Trinajstić information content (AvgIpc) is 3.58. The van der Waals surface area contributed by atoms with E-state index in [1.54, 1.807) is 31.9 Å². The first kappa shape index (κ1) is 27.7. The van der Waals surface area contributed by atoms with Gasteiger partial charge in [0.15, 0.2) is 22.9 Å². The van der Waals surface area contributed by atoms with Crippen LogP contribution in [0.4, 0.5) is 23.0 Å². The first-order valence-corrected chi connectivity index (χ1v) is 14.8. The molecular formula is C30H35N13O. The predicted octanol–water partition coefficient (Wildman–Crippen LogP) is 2.41. The van der Waals surface area contributed by atoms with Gasteiger partial charge in [-0.05, 0) is 44.7 Å². The number of fused-ring (bicyclic) bond motifs is 2. The minimum Gasteiger partial charge on any atom is -0.397 e. The lowest BCUT2D eigenvalue weighted by Crippen LogP contribution is -2.43. The summed E-state index contributed by atoms with van der Waals surface area (Å²) in [4.78, 5) is 42.1. The van der Waals surface area contributed by atoms with Crippen molar-refractivity contribution in [2.75, 3.05) is 41.8 Å². The fraction of sp³-hybridized carbons (Fsp3) is 0.367. The summed E-state index contributed by atoms with van der Waals surface area (Å²) in [6, 6.07) is 5.01. The normalized spacial score (nSPS) is 16.0. The number of nitrogens with two attached hydrogens (primary N) is 2. The van der Waals surface area contributed by atoms with Crippen molar-refractivity contribution in [3.05, 3.63) is 59.7 Å². The molecule has 0 spiro atoms. The SMILES string of the molecule is CN=Cc1c(N2CCC(NC3CC3)CC2)ccc(C(=O)Nc2cn3cc(C)nc(Cn4cnc5ncnc(N)c54)c3n2)c1N. The minimum absolute atomic E-state index is 0.332. The van der Waals surface area contributed by atoms with Gasteiger partial charge in [-0.3, -0.25) is 14.8 Å². The Kier molecular flexibility index (Phi) is 7.04. The van der Waals surface area contributed by atoms with Gasteiger partial charge in [-0.1, -0.05) is 0 Å². The predicted molar refractivity (Wildman–Crippen MR) is 170 cm³/mol. The highest BCUT2D eigenvalue weighted by molar-refractivity contribution is 6.11. The molecule has 2 fully saturated rings. The van der Waals surface area contributed by atoms with Gasteiger partial charge in [0.2, 0.25) is 0 Å². The van der Waals surface area contributed by atoms with Gasteiger partial charge in [0.05, 0.1) is 36.0 Å². The highest BCUT2D eigenvalue weighted by atomic mass is 16.1. The van der Waals surface area contributed by atoms with Crippen molar-refractivity contribution < 1.29 is 4.79 Å². The van der Waals surface area contributed by atoms with Crippen molar-refractivity contribution in [3.63, 3.8) is 0 Å². The van der Waals surface area contributed by atoms with Crippen LogP contribution in [0.5, 0.6) is 0 Å². The first-order valence-electron chi connectivity index (χ1n) is 14.8. The Balaban J connectivity index is 1.13. The summed E-state index contributed by atoms with van der Waals surface area (Å²) in [6.45, 7) is 4.08. The maximum atomic E-state index is 13.5. The molecular weight excluding hydrogens is 558 g/mol. The average molecular weight is 594 g/mol. The minimum atomic E-state index is -0.354. The van der Waals surface area contributed by atoms with Crippen LogP contribution in [0.25, 0.3) is 16.8 Å². The van der Waals surface area contributed by atoms with Gasteiger partial charge in [-0.15, -0.1) is 0 Å². The van der Waals surface area contributed by atoms with Gasteiger partial charge in [0.1, 0.15) is 17.5 Å². The highest BCUT2D eigenvalue weighted by Gasteiger charge is 2.28. The third-order valence-corrected chi connectivity index (χ3v) is 8.28. The fourth-order valence-corrected chi connectivity index (χ4v) is 6.00. The third-order valence-electron chi connectivity index (χ3n) is 8.28. The number of anilines is 4. The topological polar surface area (TPSA) is 183 Å². The lowest BCUT2D eigenvalue weighted by atomic mass is 10.00. The number of aliphatic imine (C=N–C) groups is 1. The number of hydrogen-bond donors (Lipinski definition) is 4. The van der Waals surface area contributed by atoms with Crippen LogP contribution >= 0.6 is 0 Å². The van der Waals surface area contributed by atoms with Gasteiger partial charge < -0.3 is 36.0 Å². The zero-order valence-electron chi connectivity index (χ0n) is 24.7. The third kappa shape index (κ3) is 5.28. The Morgan fingerprint density at radius 1 is 1.07 bits per heavy atom. The molecule has 1 saturated carbocycles. The molecule has 5 heterocycles. The quantitative estimate of drug-likeness (QED) is 0.154. The van der Waals surface area contributed by atoms with Crippen LogP contribution in [0.1, 0.15) is 53.0 Å². The Morgan fingerprint density at radius 2 is 1.86 bits per heavy atom. The molecule has 1 aliphatic carbocycles. The lowest BCUT2D eigenvalue weighted by Gasteiger charge is -2.35. The number of aryl methyl sites for hydroxylation is 1. The molecule has 1 amide bonds. The number of carbonyl (C=O) groups is 1. The molecule has 14 heteroatoms. The number of benzene rings is 1. The molecule has 1 saturated heterocycles. The standard InChI is InChI=1S/C30H35N13O/c1-17-12-42-14-24(39-29(42)22(37-17)13-43-16-36-28-26(43)27(32)34-15-35-28)40-30(44)20-5-6-23(21(11-33-2)25(20)31)41-9-7-19(8-10-41)38-18-3-4-18/h5-6,11-12,14-16,18-19,38H,3-4,7-10,13,31H2,1-2H3,(H,40,44)(H2,32,34,35). The highest BCUT2D eigenvalue weighted by Crippen LogP contribution is 2.31. The van der Waals surface area contributed by atoms with Crippen molar-refractivity contribution >= 4 is 51.9 Å². The van der Waals surface area contributed by atoms with Crippen molar-refractivity contribution in [2.45, 2.75) is 51.2 Å². The summed E-state index contributed by atoms with van der Waals surface area (Å²) < 4.78 is 3.68. The van der Waals surface area contributed by atoms with Gasteiger partial charge in [-0.25, -0.2) is 19.9 Å². The van der Waals surface area contributed by atoms with Crippen molar-refractivity contribution in [1.29, 1.82) is 0 Å². The molecule has 1 aliphatic heterocycles. The number of amides is 1. The van der Waals surface area contributed by atoms with Crippen LogP contribution in [-0.4, -0.2) is 78.2 Å². The van der Waals surface area contributed by atoms with Gasteiger partial charge in [0, 0.05) is 55.9 Å². The van der Waals surface area contributed by atoms with E-state index >= 15 is 0 Å². The summed E-state index contributed by atoms with van der Waals surface area (Å²) in [5.41, 5.74) is 18.4. The summed E-state index contributed by atoms with van der Waals surface area (Å²) in [7, 11) is 1.71. The second kappa shape index (κ2) is 11.2. The molecule has 0 radical (unpaired) electrons. The molecule has 226 valence electrons. The number of aromatic nitrogens is 7. The number of nitrogens with zero attached hydrogens (tertiary/aromatic N) is 9. The van der Waals surface area contributed by atoms with Gasteiger partial charge in [0.25, 0.3) is 5.91 Å². The number of rotatable bonds is 8. The largest absolute Gasteiger partial charge is 0.397 e. The van der Waals surface area contributed by atoms with Crippen molar-refractivity contribution in [2.24, 2.45) is 4.99 Å². The molecule has 0 bridgehead atoms. The summed E-state index contributed by atoms with van der Waals surface area (Å²) in [5.74, 6) is 0.354. The Morgan fingerprint density at radius 3 is 2.64 bits per heavy atom. The Bertz CT molecular complexity index is 1900. The van der Waals surface area contributed by atoms with Crippen molar-refractivity contribution in [1.82, 2.24) is 39.2 Å². The van der Waals surface area contributed by atoms with E-state index in [-0.39, 0.29) is 5.91 Å². The molecule has 1 aromatic carbocycles. The van der Waals surface area contributed by atoms with Crippen LogP contribution in [-0.2, 0) is 6.54 Å². The molecule has 0 unspecified atom stereocenters. The smallest absolute Gasteiger partial charge is 0.258 e. The van der Waals surface area contributed by atoms with Crippen molar-refractivity contribution in [3.8, 4) is 0 Å². The summed E-state index contributed by atoms with van der Waals surface area (Å²) in [6.07, 6.45) is 13.1. The van der Waals surface area contributed by atoms with E-state index in [2.05, 4.69) is 35.5 Å². The number of imidazole rings is 2. The Hall–Kier alpha value is -5.11. The van der Waals surface area contributed by atoms with E-state index in [1.165, 1.54) is 19.2 Å². The molecule has 4 aromatic heterocycles. The summed E-state index contributed by atoms with van der Waals surface area (Å²) in [5, 5.41) is 6.67. The molecule has 14 nitrogen and oxygen atoms in total. The molecule has 44 heavy (non-hydrogen) atoms. The zero-order valence-corrected chi connectivity index (χ0v) is 24.7. The van der Waals surface area contributed by atoms with Crippen LogP contribution in [0.2, 0.25) is 0 Å². The number of piperidine rings is 1. The molecule has 0 atom stereocenters. The summed E-state index contributed by atoms with van der Waals surface area (Å²) >= 11 is 0. The molecule has 5 aromatic rings. The monoisotopic (exact) mass is 593 g/mol. The van der Waals surface area contributed by atoms with E-state index in [0.717, 1.165) is 42.9 Å². The maximum absolute atomic E-state index is 13.5. The molecule has 7 rings (SSSR count). The van der Waals surface area contributed by atoms with Crippen LogP contribution in [0, 0.1) is 6.92 Å². The van der Waals surface area contributed by atoms with E-state index < -0.39 is 0 Å². The van der Waals surface area contributed by atoms with E-state index in [0.29, 0.717) is 64.0 Å². The van der Waals surface area contributed by atoms with E-state index in [1.807, 2.05) is 28.2 Å². The lowest BCUT2D eigenvalue weighted by molar-refractivity contribution is 0.102. The fourth-order valence-electron chi connectivity index (χ4n) is 6.00. The Labute approximate surface area is 253 Å². The number of carbonyl (C=O) groups excluding carboxylic acids is 1. The van der Waals surface area contributed by atoms with Crippen LogP contribution < -0.4 is 27.0 Å². The number of nitrogens with one attached hydrogen (secondary N) is 2. The number of nitrogen functional groups attached to an aromatic ring is 2. The molecule has 6 N–H and O–H groups in total. The van der Waals surface area contributed by atoms with Crippen LogP contribution in [0.3, 0.4) is 0 Å². The van der Waals surface area contributed by atoms with Crippen LogP contribution in [0.15, 0.2) is 42.2 Å².